The van der Waals surface area contributed by atoms with Crippen molar-refractivity contribution in [2.24, 2.45) is 11.1 Å². The number of alkyl halides is 2. The van der Waals surface area contributed by atoms with Crippen molar-refractivity contribution in [2.75, 3.05) is 19.6 Å². The zero-order valence-electron chi connectivity index (χ0n) is 12.9. The third kappa shape index (κ3) is 5.57. The zero-order valence-corrected chi connectivity index (χ0v) is 12.9. The highest BCUT2D eigenvalue weighted by Crippen LogP contribution is 2.25. The monoisotopic (exact) mass is 305 g/mol. The fourth-order valence-electron chi connectivity index (χ4n) is 2.30. The van der Waals surface area contributed by atoms with Gasteiger partial charge in [-0.15, -0.1) is 0 Å². The molecule has 0 bridgehead atoms. The van der Waals surface area contributed by atoms with E-state index in [4.69, 9.17) is 5.73 Å². The number of likely N-dealkylation sites (tertiary alicyclic amines) is 1. The fourth-order valence-corrected chi connectivity index (χ4v) is 2.30. The van der Waals surface area contributed by atoms with E-state index in [1.807, 2.05) is 20.8 Å². The highest BCUT2D eigenvalue weighted by molar-refractivity contribution is 5.88. The molecule has 1 rings (SSSR count). The van der Waals surface area contributed by atoms with Gasteiger partial charge in [-0.2, -0.15) is 0 Å². The molecule has 0 radical (unpaired) electrons. The second-order valence-electron chi connectivity index (χ2n) is 6.76. The van der Waals surface area contributed by atoms with Crippen LogP contribution in [0.2, 0.25) is 0 Å². The standard InChI is InChI=1S/C14H25F2N3O2/c1-13(2,3)7-11(20)19-6-4-5-10(19)12(21)18-9-14(15,16)8-17/h10H,4-9,17H2,1-3H3,(H,18,21). The maximum atomic E-state index is 13.1. The number of nitrogens with one attached hydrogen (secondary N) is 1. The van der Waals surface area contributed by atoms with Crippen LogP contribution in [0.25, 0.3) is 0 Å². The number of halogens is 2. The molecular weight excluding hydrogens is 280 g/mol. The summed E-state index contributed by atoms with van der Waals surface area (Å²) in [6.45, 7) is 4.72. The van der Waals surface area contributed by atoms with Crippen molar-refractivity contribution in [1.29, 1.82) is 0 Å². The topological polar surface area (TPSA) is 75.4 Å². The number of rotatable bonds is 5. The first-order valence-corrected chi connectivity index (χ1v) is 7.21. The molecule has 0 saturated carbocycles. The number of carbonyl (C=O) groups excluding carboxylic acids is 2. The van der Waals surface area contributed by atoms with Crippen LogP contribution in [-0.4, -0.2) is 48.3 Å². The summed E-state index contributed by atoms with van der Waals surface area (Å²) in [6.07, 6.45) is 1.55. The first-order chi connectivity index (χ1) is 9.56. The van der Waals surface area contributed by atoms with Crippen LogP contribution in [0.5, 0.6) is 0 Å². The van der Waals surface area contributed by atoms with Crippen molar-refractivity contribution < 1.29 is 18.4 Å². The van der Waals surface area contributed by atoms with Crippen molar-refractivity contribution in [3.05, 3.63) is 0 Å². The van der Waals surface area contributed by atoms with Crippen molar-refractivity contribution in [3.63, 3.8) is 0 Å². The first kappa shape index (κ1) is 17.8. The van der Waals surface area contributed by atoms with E-state index in [1.165, 1.54) is 4.90 Å². The van der Waals surface area contributed by atoms with Crippen LogP contribution >= 0.6 is 0 Å². The van der Waals surface area contributed by atoms with Gasteiger partial charge in [0.2, 0.25) is 11.8 Å². The van der Waals surface area contributed by atoms with E-state index < -0.39 is 31.0 Å². The van der Waals surface area contributed by atoms with Gasteiger partial charge in [-0.3, -0.25) is 9.59 Å². The van der Waals surface area contributed by atoms with Gasteiger partial charge in [0.25, 0.3) is 5.92 Å². The summed E-state index contributed by atoms with van der Waals surface area (Å²) in [5.74, 6) is -3.75. The Hall–Kier alpha value is -1.24. The van der Waals surface area contributed by atoms with Crippen molar-refractivity contribution >= 4 is 11.8 Å². The molecule has 7 heteroatoms. The molecule has 3 N–H and O–H groups in total. The minimum atomic E-state index is -3.12. The molecule has 5 nitrogen and oxygen atoms in total. The van der Waals surface area contributed by atoms with Crippen LogP contribution in [0.15, 0.2) is 0 Å². The van der Waals surface area contributed by atoms with E-state index in [1.54, 1.807) is 0 Å². The van der Waals surface area contributed by atoms with Gasteiger partial charge in [-0.25, -0.2) is 8.78 Å². The van der Waals surface area contributed by atoms with Crippen LogP contribution in [0.1, 0.15) is 40.0 Å². The average molecular weight is 305 g/mol. The molecule has 0 aromatic heterocycles. The lowest BCUT2D eigenvalue weighted by atomic mass is 9.91. The smallest absolute Gasteiger partial charge is 0.277 e. The Balaban J connectivity index is 2.60. The van der Waals surface area contributed by atoms with Crippen LogP contribution in [0.4, 0.5) is 8.78 Å². The summed E-state index contributed by atoms with van der Waals surface area (Å²) >= 11 is 0. The molecule has 1 heterocycles. The third-order valence-electron chi connectivity index (χ3n) is 3.38. The van der Waals surface area contributed by atoms with Crippen LogP contribution in [0, 0.1) is 5.41 Å². The quantitative estimate of drug-likeness (QED) is 0.799. The van der Waals surface area contributed by atoms with Crippen molar-refractivity contribution in [1.82, 2.24) is 10.2 Å². The van der Waals surface area contributed by atoms with Crippen LogP contribution < -0.4 is 11.1 Å². The second kappa shape index (κ2) is 6.68. The Labute approximate surface area is 124 Å². The normalized spacial score (nSPS) is 19.7. The summed E-state index contributed by atoms with van der Waals surface area (Å²) < 4.78 is 26.1. The largest absolute Gasteiger partial charge is 0.348 e. The van der Waals surface area contributed by atoms with Crippen molar-refractivity contribution in [2.45, 2.75) is 52.0 Å². The minimum absolute atomic E-state index is 0.106. The number of nitrogens with two attached hydrogens (primary N) is 1. The molecular formula is C14H25F2N3O2. The van der Waals surface area contributed by atoms with Crippen molar-refractivity contribution in [3.8, 4) is 0 Å². The molecule has 0 spiro atoms. The van der Waals surface area contributed by atoms with E-state index >= 15 is 0 Å². The molecule has 1 unspecified atom stereocenters. The lowest BCUT2D eigenvalue weighted by Crippen LogP contribution is -2.50. The predicted molar refractivity (Wildman–Crippen MR) is 75.8 cm³/mol. The van der Waals surface area contributed by atoms with Gasteiger partial charge in [-0.05, 0) is 18.3 Å². The van der Waals surface area contributed by atoms with E-state index in [-0.39, 0.29) is 11.3 Å². The molecule has 1 atom stereocenters. The van der Waals surface area contributed by atoms with Gasteiger partial charge in [0.15, 0.2) is 0 Å². The highest BCUT2D eigenvalue weighted by atomic mass is 19.3. The predicted octanol–water partition coefficient (Wildman–Crippen LogP) is 1.12. The fraction of sp³-hybridized carbons (Fsp3) is 0.857. The molecule has 21 heavy (non-hydrogen) atoms. The van der Waals surface area contributed by atoms with Gasteiger partial charge in [-0.1, -0.05) is 20.8 Å². The van der Waals surface area contributed by atoms with E-state index in [0.717, 1.165) is 0 Å². The minimum Gasteiger partial charge on any atom is -0.348 e. The van der Waals surface area contributed by atoms with Crippen LogP contribution in [0.3, 0.4) is 0 Å². The Morgan fingerprint density at radius 1 is 1.33 bits per heavy atom. The van der Waals surface area contributed by atoms with E-state index in [9.17, 15) is 18.4 Å². The summed E-state index contributed by atoms with van der Waals surface area (Å²) in [6, 6.07) is -0.645. The van der Waals surface area contributed by atoms with E-state index in [2.05, 4.69) is 5.32 Å². The summed E-state index contributed by atoms with van der Waals surface area (Å²) in [5.41, 5.74) is 4.75. The summed E-state index contributed by atoms with van der Waals surface area (Å²) in [4.78, 5) is 25.7. The average Bonchev–Trinajstić information content (AvgIpc) is 2.83. The molecule has 1 fully saturated rings. The molecule has 2 amide bonds. The maximum absolute atomic E-state index is 13.1. The maximum Gasteiger partial charge on any atom is 0.277 e. The number of hydrogen-bond donors (Lipinski definition) is 2. The van der Waals surface area contributed by atoms with Gasteiger partial charge in [0, 0.05) is 13.0 Å². The molecule has 1 aliphatic rings. The molecule has 0 aliphatic carbocycles. The SMILES string of the molecule is CC(C)(C)CC(=O)N1CCCC1C(=O)NCC(F)(F)CN. The summed E-state index contributed by atoms with van der Waals surface area (Å²) in [7, 11) is 0. The Morgan fingerprint density at radius 2 is 1.95 bits per heavy atom. The summed E-state index contributed by atoms with van der Waals surface area (Å²) in [5, 5.41) is 2.20. The number of amides is 2. The van der Waals surface area contributed by atoms with Gasteiger partial charge >= 0.3 is 0 Å². The third-order valence-corrected chi connectivity index (χ3v) is 3.38. The molecule has 1 saturated heterocycles. The Kier molecular flexibility index (Phi) is 5.67. The molecule has 0 aromatic rings. The number of nitrogens with zero attached hydrogens (tertiary/aromatic N) is 1. The Morgan fingerprint density at radius 3 is 2.48 bits per heavy atom. The number of hydrogen-bond acceptors (Lipinski definition) is 3. The second-order valence-corrected chi connectivity index (χ2v) is 6.76. The molecule has 0 aromatic carbocycles. The van der Waals surface area contributed by atoms with Crippen LogP contribution in [-0.2, 0) is 9.59 Å². The highest BCUT2D eigenvalue weighted by Gasteiger charge is 2.36. The van der Waals surface area contributed by atoms with Gasteiger partial charge in [0.05, 0.1) is 13.1 Å². The molecule has 122 valence electrons. The zero-order chi connectivity index (χ0) is 16.3. The van der Waals surface area contributed by atoms with Gasteiger partial charge in [0.1, 0.15) is 6.04 Å². The molecule has 1 aliphatic heterocycles. The van der Waals surface area contributed by atoms with Gasteiger partial charge < -0.3 is 16.0 Å². The number of carbonyl (C=O) groups is 2. The Bertz CT molecular complexity index is 394. The first-order valence-electron chi connectivity index (χ1n) is 7.21. The lowest BCUT2D eigenvalue weighted by Gasteiger charge is -2.28. The lowest BCUT2D eigenvalue weighted by molar-refractivity contribution is -0.140. The van der Waals surface area contributed by atoms with E-state index in [0.29, 0.717) is 25.8 Å².